The van der Waals surface area contributed by atoms with Crippen molar-refractivity contribution in [3.05, 3.63) is 423 Å². The fourth-order valence-electron chi connectivity index (χ4n) is 15.2. The van der Waals surface area contributed by atoms with Crippen LogP contribution < -0.4 is 20.0 Å². The summed E-state index contributed by atoms with van der Waals surface area (Å²) >= 11 is 3.73. The number of nitrogens with zero attached hydrogens (tertiary/aromatic N) is 7. The van der Waals surface area contributed by atoms with Crippen LogP contribution in [0.1, 0.15) is 5.56 Å². The third-order valence-corrected chi connectivity index (χ3v) is 20.8. The molecule has 17 aromatic carbocycles. The fraction of sp³-hybridized carbons (Fsp3) is 0. The first-order valence-electron chi connectivity index (χ1n) is 36.4. The Balaban J connectivity index is 0.000000127. The van der Waals surface area contributed by atoms with Crippen molar-refractivity contribution >= 4 is 149 Å². The molecule has 1 N–H and O–H groups in total. The zero-order chi connectivity index (χ0) is 72.8. The van der Waals surface area contributed by atoms with Crippen LogP contribution in [0.4, 0.5) is 62.8 Å². The van der Waals surface area contributed by atoms with Crippen LogP contribution in [0.15, 0.2) is 412 Å². The first-order chi connectivity index (χ1) is 54.0. The van der Waals surface area contributed by atoms with Crippen molar-refractivity contribution in [3.63, 3.8) is 0 Å². The van der Waals surface area contributed by atoms with E-state index in [2.05, 4.69) is 379 Å². The van der Waals surface area contributed by atoms with E-state index in [4.69, 9.17) is 4.98 Å². The van der Waals surface area contributed by atoms with Gasteiger partial charge in [-0.2, -0.15) is 0 Å². The van der Waals surface area contributed by atoms with Crippen LogP contribution in [-0.4, -0.2) is 19.9 Å². The molecule has 0 radical (unpaired) electrons. The average Bonchev–Trinajstić information content (AvgIpc) is 0.729. The highest BCUT2D eigenvalue weighted by Gasteiger charge is 2.25. The lowest BCUT2D eigenvalue weighted by atomic mass is 9.91. The number of aromatic nitrogens is 4. The molecule has 2 aromatic heterocycles. The number of para-hydroxylation sites is 4. The highest BCUT2D eigenvalue weighted by Crippen LogP contribution is 2.50. The van der Waals surface area contributed by atoms with Gasteiger partial charge in [0.1, 0.15) is 36.4 Å². The minimum absolute atomic E-state index is 0.815. The summed E-state index contributed by atoms with van der Waals surface area (Å²) in [5, 5.41) is 18.2. The second kappa shape index (κ2) is 30.1. The minimum atomic E-state index is 0.815. The minimum Gasteiger partial charge on any atom is -0.355 e. The van der Waals surface area contributed by atoms with Gasteiger partial charge in [-0.25, -0.2) is 19.9 Å². The predicted molar refractivity (Wildman–Crippen MR) is 461 cm³/mol. The Morgan fingerprint density at radius 1 is 0.294 bits per heavy atom. The summed E-state index contributed by atoms with van der Waals surface area (Å²) in [5.41, 5.74) is 19.2. The largest absolute Gasteiger partial charge is 0.355 e. The highest BCUT2D eigenvalue weighted by atomic mass is 79.9. The number of benzene rings is 17. The molecule has 0 unspecified atom stereocenters. The number of hydrogen-bond acceptors (Lipinski definition) is 8. The second-order valence-electron chi connectivity index (χ2n) is 26.7. The third kappa shape index (κ3) is 13.5. The fourth-order valence-corrected chi connectivity index (χ4v) is 15.6. The van der Waals surface area contributed by atoms with Gasteiger partial charge >= 0.3 is 0 Å². The molecule has 514 valence electrons. The molecular weight excluding hydrogens is 1390 g/mol. The molecule has 0 saturated carbocycles. The van der Waals surface area contributed by atoms with Gasteiger partial charge in [0.15, 0.2) is 0 Å². The van der Waals surface area contributed by atoms with Gasteiger partial charge in [0.05, 0.1) is 34.8 Å². The Morgan fingerprint density at radius 3 is 1.09 bits per heavy atom. The molecule has 0 spiro atoms. The van der Waals surface area contributed by atoms with Gasteiger partial charge in [-0.05, 0) is 203 Å². The normalized spacial score (nSPS) is 11.6. The van der Waals surface area contributed by atoms with Crippen LogP contribution >= 0.6 is 15.9 Å². The molecule has 0 atom stereocenters. The Morgan fingerprint density at radius 2 is 0.661 bits per heavy atom. The van der Waals surface area contributed by atoms with Crippen LogP contribution in [-0.2, 0) is 0 Å². The molecule has 0 aliphatic heterocycles. The summed E-state index contributed by atoms with van der Waals surface area (Å²) in [6.07, 6.45) is 18.0. The summed E-state index contributed by atoms with van der Waals surface area (Å²) in [4.78, 5) is 24.5. The molecule has 1 aliphatic carbocycles. The Kier molecular flexibility index (Phi) is 18.4. The van der Waals surface area contributed by atoms with E-state index in [0.717, 1.165) is 72.7 Å². The molecule has 2 heterocycles. The summed E-state index contributed by atoms with van der Waals surface area (Å²) in [6.45, 7) is 0. The lowest BCUT2D eigenvalue weighted by Crippen LogP contribution is -2.12. The summed E-state index contributed by atoms with van der Waals surface area (Å²) < 4.78 is 1.12. The maximum Gasteiger partial charge on any atom is 0.140 e. The monoisotopic (exact) mass is 1460 g/mol. The number of hydrogen-bond donors (Lipinski definition) is 1. The van der Waals surface area contributed by atoms with Crippen LogP contribution in [0.3, 0.4) is 0 Å². The van der Waals surface area contributed by atoms with Crippen molar-refractivity contribution in [3.8, 4) is 33.4 Å². The standard InChI is InChI=1S/C50H34N4.C26H16BrN3.C24H18N/c1-5-13-35(14-6-1)39-31-40(36-15-7-2-8-16-36)33-43(32-39)53(41-17-9-3-10-18-41)46-27-23-37-22-26-45-47(28-24-38-21-25-44(46)49(37)50(38)45)54(42-19-11-4-12-20-42)48-29-30-51-34-52-48;27-22-12-8-17-7-11-21-23(13-9-18-6-10-20(22)25(17)26(18)21)30(19-4-2-1-3-5-19)24-14-15-28-16-29-24;1-4-10-19(11-5-1)21-16-22(20-12-6-2-7-13-20)18-24(17-21)25-23-14-8-3-9-15-23/h1-34H;1-16H;1,3-18,25H/q;;+1. The van der Waals surface area contributed by atoms with E-state index < -0.39 is 0 Å². The van der Waals surface area contributed by atoms with Crippen molar-refractivity contribution in [2.75, 3.05) is 20.0 Å². The molecule has 0 amide bonds. The molecule has 19 aromatic rings. The lowest BCUT2D eigenvalue weighted by molar-refractivity contribution is 1.11. The molecule has 0 bridgehead atoms. The molecule has 1 aliphatic rings. The summed E-state index contributed by atoms with van der Waals surface area (Å²) in [7, 11) is 0. The topological polar surface area (TPSA) is 73.3 Å². The molecule has 0 fully saturated rings. The van der Waals surface area contributed by atoms with Crippen molar-refractivity contribution in [2.45, 2.75) is 0 Å². The average molecular weight is 1460 g/mol. The van der Waals surface area contributed by atoms with E-state index in [0.29, 0.717) is 0 Å². The van der Waals surface area contributed by atoms with Crippen LogP contribution in [0.5, 0.6) is 0 Å². The quantitative estimate of drug-likeness (QED) is 0.0804. The molecule has 109 heavy (non-hydrogen) atoms. The van der Waals surface area contributed by atoms with Crippen molar-refractivity contribution in [1.29, 1.82) is 0 Å². The van der Waals surface area contributed by atoms with E-state index in [9.17, 15) is 0 Å². The number of rotatable bonds is 15. The van der Waals surface area contributed by atoms with Crippen LogP contribution in [0.2, 0.25) is 0 Å². The second-order valence-corrected chi connectivity index (χ2v) is 27.6. The zero-order valence-electron chi connectivity index (χ0n) is 59.2. The van der Waals surface area contributed by atoms with E-state index in [1.807, 2.05) is 60.7 Å². The Labute approximate surface area is 641 Å². The first-order valence-corrected chi connectivity index (χ1v) is 37.2. The molecule has 20 rings (SSSR count). The molecular formula is C100H68BrN8+. The number of nitrogens with one attached hydrogen (secondary N) is 1. The Bertz CT molecular complexity index is 6360. The molecule has 9 heteroatoms. The van der Waals surface area contributed by atoms with Gasteiger partial charge in [0.2, 0.25) is 0 Å². The smallest absolute Gasteiger partial charge is 0.140 e. The number of allylic oxidation sites excluding steroid dienone is 6. The van der Waals surface area contributed by atoms with Crippen molar-refractivity contribution < 1.29 is 0 Å². The maximum absolute atomic E-state index is 4.71. The zero-order valence-corrected chi connectivity index (χ0v) is 60.8. The van der Waals surface area contributed by atoms with Gasteiger partial charge in [-0.3, -0.25) is 9.80 Å². The first kappa shape index (κ1) is 66.7. The number of anilines is 11. The highest BCUT2D eigenvalue weighted by molar-refractivity contribution is 9.10. The van der Waals surface area contributed by atoms with Crippen LogP contribution in [0, 0.1) is 6.08 Å². The maximum atomic E-state index is 4.71. The third-order valence-electron chi connectivity index (χ3n) is 20.1. The lowest BCUT2D eigenvalue weighted by Gasteiger charge is -2.29. The number of halogens is 1. The van der Waals surface area contributed by atoms with E-state index >= 15 is 0 Å². The van der Waals surface area contributed by atoms with Gasteiger partial charge in [-0.1, -0.05) is 253 Å². The van der Waals surface area contributed by atoms with E-state index in [1.54, 1.807) is 25.0 Å². The van der Waals surface area contributed by atoms with Gasteiger partial charge in [-0.15, -0.1) is 0 Å². The van der Waals surface area contributed by atoms with Gasteiger partial charge in [0, 0.05) is 78.8 Å². The Hall–Kier alpha value is -14.2. The van der Waals surface area contributed by atoms with E-state index in [1.165, 1.54) is 104 Å². The van der Waals surface area contributed by atoms with Crippen molar-refractivity contribution in [2.24, 2.45) is 0 Å². The van der Waals surface area contributed by atoms with Crippen molar-refractivity contribution in [1.82, 2.24) is 19.9 Å². The molecule has 8 nitrogen and oxygen atoms in total. The molecule has 0 saturated heterocycles. The van der Waals surface area contributed by atoms with Gasteiger partial charge in [0.25, 0.3) is 0 Å². The van der Waals surface area contributed by atoms with E-state index in [-0.39, 0.29) is 0 Å². The van der Waals surface area contributed by atoms with Crippen LogP contribution in [0.25, 0.3) is 104 Å². The van der Waals surface area contributed by atoms with Gasteiger partial charge < -0.3 is 10.2 Å². The SMILES string of the molecule is Brc1ccc2ccc3c(N(c4ccccc4)c4ccncn4)ccc4ccc1c2c43.[C+]1=CC=C(c2cc(Nc3ccccc3)cc(-c3ccccc3)c2)C=C1.c1ccc(-c2cc(-c3ccccc3)cc(N(c3ccccc3)c3ccc4ccc5c(N(c6ccccc6)c6ccncn6)ccc6ccc3c4c65)c2)cc1. The summed E-state index contributed by atoms with van der Waals surface area (Å²) in [5.74, 6) is 1.65. The summed E-state index contributed by atoms with van der Waals surface area (Å²) in [6, 6.07) is 127. The predicted octanol–water partition coefficient (Wildman–Crippen LogP) is 27.7.